The Morgan fingerprint density at radius 2 is 1.90 bits per heavy atom. The highest BCUT2D eigenvalue weighted by Crippen LogP contribution is 2.63. The van der Waals surface area contributed by atoms with Crippen LogP contribution in [0.4, 0.5) is 0 Å². The van der Waals surface area contributed by atoms with E-state index in [9.17, 15) is 9.59 Å². The summed E-state index contributed by atoms with van der Waals surface area (Å²) in [6, 6.07) is 6.13. The topological polar surface area (TPSA) is 55.4 Å². The number of esters is 1. The predicted octanol–water partition coefficient (Wildman–Crippen LogP) is 4.86. The van der Waals surface area contributed by atoms with E-state index < -0.39 is 0 Å². The molecule has 0 spiro atoms. The minimum Gasteiger partial charge on any atom is -0.465 e. The smallest absolute Gasteiger partial charge is 0.337 e. The lowest BCUT2D eigenvalue weighted by Crippen LogP contribution is -2.50. The lowest BCUT2D eigenvalue weighted by Gasteiger charge is -2.51. The molecule has 5 atom stereocenters. The first-order chi connectivity index (χ1) is 13.6. The summed E-state index contributed by atoms with van der Waals surface area (Å²) in [7, 11) is 1.44. The van der Waals surface area contributed by atoms with Crippen LogP contribution in [0.3, 0.4) is 0 Å². The number of nitrogens with one attached hydrogen (secondary N) is 1. The SMILES string of the molecule is COC(=O)c1ccc2c(c1)CCC1C2CC[C@@]2(C)C1CC[C@@H]2C(=O)NC(C)(C)C. The van der Waals surface area contributed by atoms with Crippen LogP contribution < -0.4 is 5.32 Å². The van der Waals surface area contributed by atoms with E-state index in [4.69, 9.17) is 4.74 Å². The van der Waals surface area contributed by atoms with Gasteiger partial charge in [-0.25, -0.2) is 4.79 Å². The first kappa shape index (κ1) is 20.4. The molecule has 29 heavy (non-hydrogen) atoms. The molecule has 1 N–H and O–H groups in total. The molecule has 0 radical (unpaired) electrons. The Kier molecular flexibility index (Phi) is 5.03. The van der Waals surface area contributed by atoms with Crippen LogP contribution in [0.5, 0.6) is 0 Å². The van der Waals surface area contributed by atoms with Gasteiger partial charge in [-0.3, -0.25) is 4.79 Å². The van der Waals surface area contributed by atoms with E-state index in [1.54, 1.807) is 0 Å². The van der Waals surface area contributed by atoms with E-state index in [1.165, 1.54) is 18.2 Å². The van der Waals surface area contributed by atoms with E-state index in [0.29, 0.717) is 23.3 Å². The number of ether oxygens (including phenoxy) is 1. The molecule has 1 amide bonds. The second-order valence-electron chi connectivity index (χ2n) is 10.7. The first-order valence-corrected chi connectivity index (χ1v) is 11.2. The van der Waals surface area contributed by atoms with E-state index in [0.717, 1.165) is 38.5 Å². The average Bonchev–Trinajstić information content (AvgIpc) is 3.02. The number of aryl methyl sites for hydroxylation is 1. The number of fused-ring (bicyclic) bond motifs is 5. The lowest BCUT2D eigenvalue weighted by molar-refractivity contribution is -0.131. The standard InChI is InChI=1S/C25H35NO3/c1-24(2,3)26-22(27)21-11-10-20-19-9-6-15-14-16(23(28)29-5)7-8-17(15)18(19)12-13-25(20,21)4/h7-8,14,18-21H,6,9-13H2,1-5H3,(H,26,27)/t18?,19?,20?,21-,25+/m1/s1. The number of carbonyl (C=O) groups is 2. The number of benzene rings is 1. The largest absolute Gasteiger partial charge is 0.465 e. The van der Waals surface area contributed by atoms with Gasteiger partial charge in [0.1, 0.15) is 0 Å². The number of hydrogen-bond donors (Lipinski definition) is 1. The van der Waals surface area contributed by atoms with Gasteiger partial charge in [-0.05, 0) is 106 Å². The summed E-state index contributed by atoms with van der Waals surface area (Å²) < 4.78 is 4.90. The molecule has 1 aromatic rings. The maximum absolute atomic E-state index is 13.1. The first-order valence-electron chi connectivity index (χ1n) is 11.2. The number of methoxy groups -OCH3 is 1. The van der Waals surface area contributed by atoms with E-state index in [1.807, 2.05) is 12.1 Å². The van der Waals surface area contributed by atoms with Crippen molar-refractivity contribution >= 4 is 11.9 Å². The van der Waals surface area contributed by atoms with Crippen molar-refractivity contribution in [1.29, 1.82) is 0 Å². The normalized spacial score (nSPS) is 33.3. The average molecular weight is 398 g/mol. The van der Waals surface area contributed by atoms with Crippen LogP contribution in [0.15, 0.2) is 18.2 Å². The minimum atomic E-state index is -0.255. The second-order valence-corrected chi connectivity index (χ2v) is 10.7. The molecule has 0 aromatic heterocycles. The number of rotatable bonds is 2. The fraction of sp³-hybridized carbons (Fsp3) is 0.680. The van der Waals surface area contributed by atoms with Gasteiger partial charge in [0.2, 0.25) is 5.91 Å². The van der Waals surface area contributed by atoms with Crippen molar-refractivity contribution in [2.45, 2.75) is 77.7 Å². The monoisotopic (exact) mass is 397 g/mol. The van der Waals surface area contributed by atoms with Gasteiger partial charge < -0.3 is 10.1 Å². The van der Waals surface area contributed by atoms with Gasteiger partial charge in [0.15, 0.2) is 0 Å². The molecule has 0 heterocycles. The van der Waals surface area contributed by atoms with Crippen molar-refractivity contribution in [2.75, 3.05) is 7.11 Å². The molecule has 2 fully saturated rings. The lowest BCUT2D eigenvalue weighted by atomic mass is 9.54. The summed E-state index contributed by atoms with van der Waals surface area (Å²) in [6.45, 7) is 8.58. The molecule has 0 aliphatic heterocycles. The Morgan fingerprint density at radius 3 is 2.59 bits per heavy atom. The van der Waals surface area contributed by atoms with Crippen LogP contribution >= 0.6 is 0 Å². The molecule has 0 saturated heterocycles. The zero-order valence-electron chi connectivity index (χ0n) is 18.5. The van der Waals surface area contributed by atoms with Gasteiger partial charge >= 0.3 is 5.97 Å². The molecular formula is C25H35NO3. The maximum atomic E-state index is 13.1. The third kappa shape index (κ3) is 3.49. The summed E-state index contributed by atoms with van der Waals surface area (Å²) in [5.74, 6) is 1.96. The Balaban J connectivity index is 1.57. The van der Waals surface area contributed by atoms with Crippen molar-refractivity contribution in [3.63, 3.8) is 0 Å². The van der Waals surface area contributed by atoms with Crippen LogP contribution in [-0.2, 0) is 16.0 Å². The van der Waals surface area contributed by atoms with E-state index >= 15 is 0 Å². The third-order valence-corrected chi connectivity index (χ3v) is 7.96. The van der Waals surface area contributed by atoms with Crippen molar-refractivity contribution < 1.29 is 14.3 Å². The Morgan fingerprint density at radius 1 is 1.14 bits per heavy atom. The highest BCUT2D eigenvalue weighted by molar-refractivity contribution is 5.89. The second kappa shape index (κ2) is 7.14. The van der Waals surface area contributed by atoms with Crippen LogP contribution in [0, 0.1) is 23.2 Å². The van der Waals surface area contributed by atoms with Crippen LogP contribution in [0.25, 0.3) is 0 Å². The molecule has 2 saturated carbocycles. The summed E-state index contributed by atoms with van der Waals surface area (Å²) in [6.07, 6.45) is 6.61. The Hall–Kier alpha value is -1.84. The Bertz CT molecular complexity index is 824. The molecule has 158 valence electrons. The predicted molar refractivity (Wildman–Crippen MR) is 114 cm³/mol. The molecule has 3 unspecified atom stereocenters. The molecule has 1 aromatic carbocycles. The van der Waals surface area contributed by atoms with Crippen molar-refractivity contribution in [3.8, 4) is 0 Å². The summed E-state index contributed by atoms with van der Waals surface area (Å²) in [5.41, 5.74) is 3.34. The number of amides is 1. The zero-order chi connectivity index (χ0) is 21.0. The number of carbonyl (C=O) groups excluding carboxylic acids is 2. The summed E-state index contributed by atoms with van der Waals surface area (Å²) in [5, 5.41) is 3.25. The molecule has 4 heteroatoms. The molecular weight excluding hydrogens is 362 g/mol. The fourth-order valence-corrected chi connectivity index (χ4v) is 6.71. The van der Waals surface area contributed by atoms with E-state index in [-0.39, 0.29) is 28.7 Å². The summed E-state index contributed by atoms with van der Waals surface area (Å²) in [4.78, 5) is 25.0. The molecule has 3 aliphatic rings. The molecule has 3 aliphatic carbocycles. The highest BCUT2D eigenvalue weighted by atomic mass is 16.5. The highest BCUT2D eigenvalue weighted by Gasteiger charge is 2.56. The minimum absolute atomic E-state index is 0.111. The van der Waals surface area contributed by atoms with Crippen LogP contribution in [0.1, 0.15) is 87.2 Å². The zero-order valence-corrected chi connectivity index (χ0v) is 18.5. The summed E-state index contributed by atoms with van der Waals surface area (Å²) >= 11 is 0. The van der Waals surface area contributed by atoms with Crippen LogP contribution in [0.2, 0.25) is 0 Å². The van der Waals surface area contributed by atoms with Gasteiger partial charge in [-0.2, -0.15) is 0 Å². The van der Waals surface area contributed by atoms with Gasteiger partial charge in [0.25, 0.3) is 0 Å². The quantitative estimate of drug-likeness (QED) is 0.725. The van der Waals surface area contributed by atoms with Crippen molar-refractivity contribution in [2.24, 2.45) is 23.2 Å². The number of hydrogen-bond acceptors (Lipinski definition) is 3. The van der Waals surface area contributed by atoms with Gasteiger partial charge in [-0.15, -0.1) is 0 Å². The van der Waals surface area contributed by atoms with Crippen molar-refractivity contribution in [1.82, 2.24) is 5.32 Å². The van der Waals surface area contributed by atoms with E-state index in [2.05, 4.69) is 39.1 Å². The fourth-order valence-electron chi connectivity index (χ4n) is 6.71. The maximum Gasteiger partial charge on any atom is 0.337 e. The van der Waals surface area contributed by atoms with Gasteiger partial charge in [-0.1, -0.05) is 13.0 Å². The van der Waals surface area contributed by atoms with Gasteiger partial charge in [0.05, 0.1) is 12.7 Å². The van der Waals surface area contributed by atoms with Crippen molar-refractivity contribution in [3.05, 3.63) is 34.9 Å². The molecule has 4 nitrogen and oxygen atoms in total. The van der Waals surface area contributed by atoms with Crippen LogP contribution in [-0.4, -0.2) is 24.5 Å². The van der Waals surface area contributed by atoms with Gasteiger partial charge in [0, 0.05) is 11.5 Å². The molecule has 0 bridgehead atoms. The Labute approximate surface area is 174 Å². The molecule has 4 rings (SSSR count). The third-order valence-electron chi connectivity index (χ3n) is 7.96.